The van der Waals surface area contributed by atoms with Gasteiger partial charge in [0.1, 0.15) is 0 Å². The molecule has 0 amide bonds. The van der Waals surface area contributed by atoms with E-state index in [1.807, 2.05) is 0 Å². The van der Waals surface area contributed by atoms with Gasteiger partial charge in [-0.1, -0.05) is 200 Å². The maximum absolute atomic E-state index is 2.48. The summed E-state index contributed by atoms with van der Waals surface area (Å²) < 4.78 is 0. The normalized spacial score (nSPS) is 14.3. The van der Waals surface area contributed by atoms with Crippen molar-refractivity contribution in [3.63, 3.8) is 0 Å². The summed E-state index contributed by atoms with van der Waals surface area (Å²) in [6, 6.07) is 88.6. The minimum atomic E-state index is -0.410. The zero-order valence-corrected chi connectivity index (χ0v) is 34.5. The summed E-state index contributed by atoms with van der Waals surface area (Å²) in [5.74, 6) is 0. The van der Waals surface area contributed by atoms with Gasteiger partial charge in [-0.15, -0.1) is 0 Å². The average Bonchev–Trinajstić information content (AvgIpc) is 4.04. The second kappa shape index (κ2) is 12.8. The zero-order valence-electron chi connectivity index (χ0n) is 34.5. The molecule has 292 valence electrons. The predicted octanol–water partition coefficient (Wildman–Crippen LogP) is 15.5. The maximum Gasteiger partial charge on any atom is 0.0726 e. The van der Waals surface area contributed by atoms with Crippen molar-refractivity contribution in [1.29, 1.82) is 0 Å². The molecular weight excluding hydrogens is 759 g/mol. The minimum Gasteiger partial charge on any atom is -0.310 e. The van der Waals surface area contributed by atoms with E-state index < -0.39 is 5.41 Å². The van der Waals surface area contributed by atoms with E-state index in [2.05, 4.69) is 241 Å². The van der Waals surface area contributed by atoms with Crippen LogP contribution in [0.3, 0.4) is 0 Å². The Balaban J connectivity index is 0.940. The number of fused-ring (bicyclic) bond motifs is 20. The molecular formula is C62H39N. The molecule has 0 aliphatic heterocycles. The molecule has 0 unspecified atom stereocenters. The lowest BCUT2D eigenvalue weighted by Crippen LogP contribution is -2.26. The Morgan fingerprint density at radius 2 is 0.603 bits per heavy atom. The van der Waals surface area contributed by atoms with Crippen LogP contribution in [-0.4, -0.2) is 0 Å². The highest BCUT2D eigenvalue weighted by molar-refractivity contribution is 6.01. The van der Waals surface area contributed by atoms with Crippen molar-refractivity contribution < 1.29 is 0 Å². The largest absolute Gasteiger partial charge is 0.310 e. The lowest BCUT2D eigenvalue weighted by atomic mass is 9.70. The molecule has 1 heteroatoms. The third kappa shape index (κ3) is 4.36. The Morgan fingerprint density at radius 1 is 0.238 bits per heavy atom. The second-order valence-corrected chi connectivity index (χ2v) is 17.5. The molecule has 0 saturated carbocycles. The molecule has 0 heterocycles. The topological polar surface area (TPSA) is 3.24 Å². The molecule has 0 atom stereocenters. The van der Waals surface area contributed by atoms with Gasteiger partial charge in [0.2, 0.25) is 0 Å². The number of hydrogen-bond donors (Lipinski definition) is 0. The maximum atomic E-state index is 2.48. The van der Waals surface area contributed by atoms with Crippen LogP contribution in [0.1, 0.15) is 44.5 Å². The van der Waals surface area contributed by atoms with Gasteiger partial charge in [0.15, 0.2) is 0 Å². The monoisotopic (exact) mass is 797 g/mol. The van der Waals surface area contributed by atoms with E-state index in [4.69, 9.17) is 0 Å². The van der Waals surface area contributed by atoms with Crippen molar-refractivity contribution in [3.05, 3.63) is 281 Å². The quantitative estimate of drug-likeness (QED) is 0.171. The molecule has 0 aromatic heterocycles. The van der Waals surface area contributed by atoms with Crippen LogP contribution in [0.25, 0.3) is 55.6 Å². The van der Waals surface area contributed by atoms with Gasteiger partial charge in [-0.25, -0.2) is 0 Å². The number of benzene rings is 10. The molecule has 2 spiro atoms. The molecule has 4 aliphatic carbocycles. The lowest BCUT2D eigenvalue weighted by molar-refractivity contribution is 0.794. The zero-order chi connectivity index (χ0) is 41.3. The SMILES string of the molecule is c1ccc(N(c2ccc(-c3ccc4c(c3)C3(c5ccccc5-c5ccccc53)c3ccccc3-4)cc2)c2cccc3c2-c2ccccc2C32c3ccccc3-c3ccccc32)cc1. The number of hydrogen-bond acceptors (Lipinski definition) is 1. The van der Waals surface area contributed by atoms with Crippen LogP contribution >= 0.6 is 0 Å². The van der Waals surface area contributed by atoms with Gasteiger partial charge in [-0.05, 0) is 131 Å². The molecule has 0 saturated heterocycles. The summed E-state index contributed by atoms with van der Waals surface area (Å²) in [7, 11) is 0. The molecule has 10 aromatic carbocycles. The number of nitrogens with zero attached hydrogens (tertiary/aromatic N) is 1. The molecule has 10 aromatic rings. The number of rotatable bonds is 4. The Kier molecular flexibility index (Phi) is 7.03. The summed E-state index contributed by atoms with van der Waals surface area (Å²) in [5, 5.41) is 0. The standard InChI is InChI=1S/C62H39N/c1-2-17-42(18-3-1)63(59-32-16-31-57-60(59)50-24-9-15-30-56(50)61(57)51-25-10-4-19-44(51)45-20-5-11-26-52(45)61)43-36-33-40(34-37-43)41-35-38-49-48-23-8-14-29-55(48)62(58(49)39-41)53-27-12-6-21-46(53)47-22-7-13-28-54(47)62/h1-39H. The Hall–Kier alpha value is -8.00. The van der Waals surface area contributed by atoms with E-state index in [0.717, 1.165) is 11.4 Å². The lowest BCUT2D eigenvalue weighted by Gasteiger charge is -2.32. The van der Waals surface area contributed by atoms with E-state index in [9.17, 15) is 0 Å². The second-order valence-electron chi connectivity index (χ2n) is 17.5. The van der Waals surface area contributed by atoms with Crippen molar-refractivity contribution in [2.24, 2.45) is 0 Å². The molecule has 14 rings (SSSR count). The smallest absolute Gasteiger partial charge is 0.0726 e. The van der Waals surface area contributed by atoms with Crippen LogP contribution in [0.2, 0.25) is 0 Å². The van der Waals surface area contributed by atoms with Crippen molar-refractivity contribution >= 4 is 17.1 Å². The first kappa shape index (κ1) is 34.7. The van der Waals surface area contributed by atoms with Crippen LogP contribution in [-0.2, 0) is 10.8 Å². The fourth-order valence-corrected chi connectivity index (χ4v) is 12.4. The number of anilines is 3. The van der Waals surface area contributed by atoms with Crippen molar-refractivity contribution in [1.82, 2.24) is 0 Å². The van der Waals surface area contributed by atoms with Crippen molar-refractivity contribution in [3.8, 4) is 55.6 Å². The summed E-state index contributed by atoms with van der Waals surface area (Å²) >= 11 is 0. The van der Waals surface area contributed by atoms with Crippen LogP contribution in [0, 0.1) is 0 Å². The molecule has 0 fully saturated rings. The average molecular weight is 798 g/mol. The molecule has 0 radical (unpaired) electrons. The van der Waals surface area contributed by atoms with Gasteiger partial charge in [0.25, 0.3) is 0 Å². The third-order valence-corrected chi connectivity index (χ3v) is 14.7. The summed E-state index contributed by atoms with van der Waals surface area (Å²) in [6.07, 6.45) is 0. The fraction of sp³-hybridized carbons (Fsp3) is 0.0323. The van der Waals surface area contributed by atoms with Crippen molar-refractivity contribution in [2.45, 2.75) is 10.8 Å². The first-order valence-electron chi connectivity index (χ1n) is 22.1. The van der Waals surface area contributed by atoms with Gasteiger partial charge in [0, 0.05) is 16.9 Å². The fourth-order valence-electron chi connectivity index (χ4n) is 12.4. The number of para-hydroxylation sites is 1. The Bertz CT molecular complexity index is 3410. The highest BCUT2D eigenvalue weighted by Crippen LogP contribution is 2.65. The van der Waals surface area contributed by atoms with Crippen LogP contribution in [0.15, 0.2) is 237 Å². The minimum absolute atomic E-state index is 0.374. The van der Waals surface area contributed by atoms with Gasteiger partial charge >= 0.3 is 0 Å². The highest BCUT2D eigenvalue weighted by atomic mass is 15.1. The predicted molar refractivity (Wildman–Crippen MR) is 259 cm³/mol. The summed E-state index contributed by atoms with van der Waals surface area (Å²) in [6.45, 7) is 0. The van der Waals surface area contributed by atoms with Gasteiger partial charge < -0.3 is 4.90 Å². The molecule has 1 nitrogen and oxygen atoms in total. The highest BCUT2D eigenvalue weighted by Gasteiger charge is 2.53. The van der Waals surface area contributed by atoms with Crippen LogP contribution in [0.4, 0.5) is 17.1 Å². The van der Waals surface area contributed by atoms with E-state index in [1.165, 1.54) is 106 Å². The van der Waals surface area contributed by atoms with E-state index in [0.29, 0.717) is 0 Å². The molecule has 63 heavy (non-hydrogen) atoms. The van der Waals surface area contributed by atoms with Crippen molar-refractivity contribution in [2.75, 3.05) is 4.90 Å². The summed E-state index contributed by atoms with van der Waals surface area (Å²) in [4.78, 5) is 2.46. The van der Waals surface area contributed by atoms with E-state index in [-0.39, 0.29) is 5.41 Å². The van der Waals surface area contributed by atoms with E-state index >= 15 is 0 Å². The third-order valence-electron chi connectivity index (χ3n) is 14.7. The first-order chi connectivity index (χ1) is 31.3. The molecule has 4 aliphatic rings. The molecule has 0 bridgehead atoms. The van der Waals surface area contributed by atoms with Gasteiger partial charge in [-0.3, -0.25) is 0 Å². The Labute approximate surface area is 367 Å². The van der Waals surface area contributed by atoms with E-state index in [1.54, 1.807) is 0 Å². The molecule has 0 N–H and O–H groups in total. The van der Waals surface area contributed by atoms with Crippen LogP contribution in [0.5, 0.6) is 0 Å². The van der Waals surface area contributed by atoms with Gasteiger partial charge in [0.05, 0.1) is 16.5 Å². The van der Waals surface area contributed by atoms with Crippen LogP contribution < -0.4 is 4.90 Å². The summed E-state index contributed by atoms with van der Waals surface area (Å²) in [5.41, 5.74) is 26.4. The van der Waals surface area contributed by atoms with Gasteiger partial charge in [-0.2, -0.15) is 0 Å². The Morgan fingerprint density at radius 3 is 1.11 bits per heavy atom. The first-order valence-corrected chi connectivity index (χ1v) is 22.1.